The van der Waals surface area contributed by atoms with Gasteiger partial charge in [0.2, 0.25) is 9.84 Å². The van der Waals surface area contributed by atoms with Crippen LogP contribution in [0.2, 0.25) is 0 Å². The number of allylic oxidation sites excluding steroid dienone is 1. The van der Waals surface area contributed by atoms with Crippen LogP contribution in [0.25, 0.3) is 5.57 Å². The minimum Gasteiger partial charge on any atom is -0.219 e. The lowest BCUT2D eigenvalue weighted by atomic mass is 10.1. The predicted octanol–water partition coefficient (Wildman–Crippen LogP) is 2.60. The third-order valence-electron chi connectivity index (χ3n) is 2.01. The summed E-state index contributed by atoms with van der Waals surface area (Å²) in [5.41, 5.74) is 1.60. The summed E-state index contributed by atoms with van der Waals surface area (Å²) in [7, 11) is -3.19. The monoisotopic (exact) mass is 258 g/mol. The van der Waals surface area contributed by atoms with Gasteiger partial charge in [0.05, 0.1) is 4.90 Å². The Morgan fingerprint density at radius 2 is 2.00 bits per heavy atom. The number of hydrogen-bond donors (Lipinski definition) is 0. The molecule has 0 amide bonds. The van der Waals surface area contributed by atoms with E-state index in [9.17, 15) is 8.42 Å². The molecular formula is C9H7BrO2S. The highest BCUT2D eigenvalue weighted by Gasteiger charge is 2.26. The summed E-state index contributed by atoms with van der Waals surface area (Å²) in [5, 5.41) is 1.31. The molecular weight excluding hydrogens is 252 g/mol. The number of sulfone groups is 1. The number of fused-ring (bicyclic) bond motifs is 1. The second-order valence-corrected chi connectivity index (χ2v) is 5.55. The van der Waals surface area contributed by atoms with Gasteiger partial charge in [0.1, 0.15) is 0 Å². The molecule has 0 N–H and O–H groups in total. The summed E-state index contributed by atoms with van der Waals surface area (Å²) in [6.45, 7) is 1.80. The van der Waals surface area contributed by atoms with Gasteiger partial charge in [-0.1, -0.05) is 12.1 Å². The third kappa shape index (κ3) is 1.25. The first kappa shape index (κ1) is 8.97. The van der Waals surface area contributed by atoms with Crippen molar-refractivity contribution in [2.45, 2.75) is 11.8 Å². The molecule has 68 valence electrons. The number of benzene rings is 1. The third-order valence-corrected chi connectivity index (χ3v) is 4.60. The normalized spacial score (nSPS) is 18.2. The Hall–Kier alpha value is -0.610. The molecule has 1 aromatic carbocycles. The second kappa shape index (κ2) is 2.69. The van der Waals surface area contributed by atoms with Crippen LogP contribution < -0.4 is 0 Å². The Morgan fingerprint density at radius 1 is 1.31 bits per heavy atom. The lowest BCUT2D eigenvalue weighted by molar-refractivity contribution is 0.605. The van der Waals surface area contributed by atoms with Crippen LogP contribution in [-0.4, -0.2) is 8.42 Å². The quantitative estimate of drug-likeness (QED) is 0.717. The fourth-order valence-electron chi connectivity index (χ4n) is 1.46. The highest BCUT2D eigenvalue weighted by atomic mass is 79.9. The van der Waals surface area contributed by atoms with Crippen molar-refractivity contribution in [3.63, 3.8) is 0 Å². The maximum Gasteiger partial charge on any atom is 0.201 e. The highest BCUT2D eigenvalue weighted by Crippen LogP contribution is 2.37. The van der Waals surface area contributed by atoms with Crippen molar-refractivity contribution in [3.8, 4) is 0 Å². The van der Waals surface area contributed by atoms with E-state index in [4.69, 9.17) is 0 Å². The lowest BCUT2D eigenvalue weighted by Crippen LogP contribution is -1.94. The van der Waals surface area contributed by atoms with E-state index >= 15 is 0 Å². The molecule has 0 bridgehead atoms. The molecule has 0 fully saturated rings. The molecule has 4 heteroatoms. The van der Waals surface area contributed by atoms with Crippen LogP contribution in [0.1, 0.15) is 12.5 Å². The van der Waals surface area contributed by atoms with E-state index < -0.39 is 9.84 Å². The molecule has 0 saturated heterocycles. The van der Waals surface area contributed by atoms with Gasteiger partial charge >= 0.3 is 0 Å². The Bertz CT molecular complexity index is 500. The zero-order chi connectivity index (χ0) is 9.64. The molecule has 0 radical (unpaired) electrons. The fraction of sp³-hybridized carbons (Fsp3) is 0.111. The molecule has 2 nitrogen and oxygen atoms in total. The minimum atomic E-state index is -3.19. The van der Waals surface area contributed by atoms with Crippen molar-refractivity contribution in [2.75, 3.05) is 0 Å². The van der Waals surface area contributed by atoms with Crippen LogP contribution in [-0.2, 0) is 9.84 Å². The molecule has 1 aliphatic heterocycles. The zero-order valence-electron chi connectivity index (χ0n) is 6.91. The van der Waals surface area contributed by atoms with Crippen LogP contribution in [0.15, 0.2) is 33.0 Å². The number of halogens is 1. The fourth-order valence-corrected chi connectivity index (χ4v) is 4.09. The van der Waals surface area contributed by atoms with E-state index in [2.05, 4.69) is 15.9 Å². The molecule has 0 unspecified atom stereocenters. The Kier molecular flexibility index (Phi) is 1.85. The Balaban J connectivity index is 2.90. The Morgan fingerprint density at radius 3 is 2.62 bits per heavy atom. The van der Waals surface area contributed by atoms with Crippen molar-refractivity contribution in [2.24, 2.45) is 0 Å². The van der Waals surface area contributed by atoms with Gasteiger partial charge in [0, 0.05) is 9.88 Å². The SMILES string of the molecule is CC1=CS(=O)(=O)c2c(Br)cccc21. The van der Waals surface area contributed by atoms with Crippen LogP contribution in [0.4, 0.5) is 0 Å². The molecule has 1 aromatic rings. The first-order chi connectivity index (χ1) is 6.02. The van der Waals surface area contributed by atoms with Crippen LogP contribution in [0, 0.1) is 0 Å². The van der Waals surface area contributed by atoms with E-state index in [1.807, 2.05) is 12.1 Å². The van der Waals surface area contributed by atoms with Gasteiger partial charge < -0.3 is 0 Å². The second-order valence-electron chi connectivity index (χ2n) is 2.96. The van der Waals surface area contributed by atoms with Crippen molar-refractivity contribution >= 4 is 31.3 Å². The van der Waals surface area contributed by atoms with Gasteiger partial charge in [0.25, 0.3) is 0 Å². The van der Waals surface area contributed by atoms with Crippen LogP contribution in [0.3, 0.4) is 0 Å². The van der Waals surface area contributed by atoms with Gasteiger partial charge in [-0.3, -0.25) is 0 Å². The molecule has 0 aromatic heterocycles. The largest absolute Gasteiger partial charge is 0.219 e. The molecule has 0 spiro atoms. The number of hydrogen-bond acceptors (Lipinski definition) is 2. The predicted molar refractivity (Wildman–Crippen MR) is 55.0 cm³/mol. The van der Waals surface area contributed by atoms with Gasteiger partial charge in [-0.15, -0.1) is 0 Å². The van der Waals surface area contributed by atoms with E-state index in [0.29, 0.717) is 9.37 Å². The molecule has 13 heavy (non-hydrogen) atoms. The van der Waals surface area contributed by atoms with Gasteiger partial charge in [-0.05, 0) is 40.1 Å². The lowest BCUT2D eigenvalue weighted by Gasteiger charge is -2.01. The van der Waals surface area contributed by atoms with Gasteiger partial charge in [-0.25, -0.2) is 8.42 Å². The summed E-state index contributed by atoms with van der Waals surface area (Å²) in [6.07, 6.45) is 0. The van der Waals surface area contributed by atoms with E-state index in [0.717, 1.165) is 11.1 Å². The maximum atomic E-state index is 11.6. The highest BCUT2D eigenvalue weighted by molar-refractivity contribution is 9.10. The smallest absolute Gasteiger partial charge is 0.201 e. The van der Waals surface area contributed by atoms with Crippen molar-refractivity contribution in [1.29, 1.82) is 0 Å². The van der Waals surface area contributed by atoms with Crippen LogP contribution >= 0.6 is 15.9 Å². The summed E-state index contributed by atoms with van der Waals surface area (Å²) in [6, 6.07) is 5.39. The summed E-state index contributed by atoms with van der Waals surface area (Å²) in [4.78, 5) is 0.396. The van der Waals surface area contributed by atoms with Gasteiger partial charge in [0.15, 0.2) is 0 Å². The summed E-state index contributed by atoms with van der Waals surface area (Å²) < 4.78 is 23.8. The van der Waals surface area contributed by atoms with Crippen LogP contribution in [0.5, 0.6) is 0 Å². The van der Waals surface area contributed by atoms with Crippen molar-refractivity contribution in [3.05, 3.63) is 33.6 Å². The Labute approximate surface area is 85.3 Å². The average molecular weight is 259 g/mol. The van der Waals surface area contributed by atoms with E-state index in [1.165, 1.54) is 5.41 Å². The molecule has 0 atom stereocenters. The minimum absolute atomic E-state index is 0.396. The standard InChI is InChI=1S/C9H7BrO2S/c1-6-5-13(11,12)9-7(6)3-2-4-8(9)10/h2-5H,1H3. The average Bonchev–Trinajstić information content (AvgIpc) is 2.24. The molecule has 0 saturated carbocycles. The maximum absolute atomic E-state index is 11.6. The van der Waals surface area contributed by atoms with Crippen molar-refractivity contribution in [1.82, 2.24) is 0 Å². The first-order valence-electron chi connectivity index (χ1n) is 3.74. The summed E-state index contributed by atoms with van der Waals surface area (Å²) in [5.74, 6) is 0. The molecule has 1 heterocycles. The zero-order valence-corrected chi connectivity index (χ0v) is 9.31. The molecule has 2 rings (SSSR count). The van der Waals surface area contributed by atoms with E-state index in [-0.39, 0.29) is 0 Å². The topological polar surface area (TPSA) is 34.1 Å². The number of rotatable bonds is 0. The van der Waals surface area contributed by atoms with Gasteiger partial charge in [-0.2, -0.15) is 0 Å². The van der Waals surface area contributed by atoms with Crippen molar-refractivity contribution < 1.29 is 8.42 Å². The first-order valence-corrected chi connectivity index (χ1v) is 6.08. The molecule has 1 aliphatic rings. The summed E-state index contributed by atoms with van der Waals surface area (Å²) >= 11 is 3.24. The van der Waals surface area contributed by atoms with E-state index in [1.54, 1.807) is 13.0 Å². The molecule has 0 aliphatic carbocycles.